The molecular formula is C19H21NO3. The second kappa shape index (κ2) is 6.73. The maximum absolute atomic E-state index is 11.7. The van der Waals surface area contributed by atoms with Crippen molar-refractivity contribution in [3.63, 3.8) is 0 Å². The van der Waals surface area contributed by atoms with Crippen LogP contribution in [0.2, 0.25) is 0 Å². The molecule has 0 radical (unpaired) electrons. The summed E-state index contributed by atoms with van der Waals surface area (Å²) in [6.45, 7) is 5.76. The van der Waals surface area contributed by atoms with Gasteiger partial charge in [-0.25, -0.2) is 4.79 Å². The third kappa shape index (κ3) is 3.47. The fraction of sp³-hybridized carbons (Fsp3) is 0.316. The molecule has 1 amide bonds. The molecule has 3 rings (SSSR count). The van der Waals surface area contributed by atoms with E-state index in [1.165, 1.54) is 0 Å². The summed E-state index contributed by atoms with van der Waals surface area (Å²) in [4.78, 5) is 13.4. The number of cyclic esters (lactones) is 1. The lowest BCUT2D eigenvalue weighted by Crippen LogP contribution is -2.24. The Balaban J connectivity index is 1.76. The predicted octanol–water partition coefficient (Wildman–Crippen LogP) is 4.09. The molecule has 2 aromatic rings. The van der Waals surface area contributed by atoms with E-state index in [0.29, 0.717) is 19.7 Å². The van der Waals surface area contributed by atoms with Gasteiger partial charge in [0.1, 0.15) is 11.9 Å². The summed E-state index contributed by atoms with van der Waals surface area (Å²) in [6, 6.07) is 16.3. The van der Waals surface area contributed by atoms with Crippen LogP contribution in [0, 0.1) is 0 Å². The van der Waals surface area contributed by atoms with Crippen LogP contribution in [-0.2, 0) is 11.3 Å². The molecule has 0 aromatic heterocycles. The number of rotatable bonds is 5. The minimum Gasteiger partial charge on any atom is -0.493 e. The molecule has 1 fully saturated rings. The summed E-state index contributed by atoms with van der Waals surface area (Å²) in [5.41, 5.74) is 3.28. The van der Waals surface area contributed by atoms with Crippen LogP contribution in [0.5, 0.6) is 5.75 Å². The highest BCUT2D eigenvalue weighted by Crippen LogP contribution is 2.30. The summed E-state index contributed by atoms with van der Waals surface area (Å²) in [7, 11) is 0. The van der Waals surface area contributed by atoms with Gasteiger partial charge in [-0.05, 0) is 31.0 Å². The van der Waals surface area contributed by atoms with Gasteiger partial charge in [-0.1, -0.05) is 42.5 Å². The Kier molecular flexibility index (Phi) is 4.51. The highest BCUT2D eigenvalue weighted by Gasteiger charge is 2.27. The molecule has 1 atom stereocenters. The van der Waals surface area contributed by atoms with E-state index in [1.54, 1.807) is 4.90 Å². The Morgan fingerprint density at radius 1 is 1.17 bits per heavy atom. The van der Waals surface area contributed by atoms with E-state index in [9.17, 15) is 4.79 Å². The number of hydrogen-bond acceptors (Lipinski definition) is 3. The van der Waals surface area contributed by atoms with E-state index in [0.717, 1.165) is 22.4 Å². The Morgan fingerprint density at radius 3 is 2.57 bits per heavy atom. The number of carbonyl (C=O) groups excluding carboxylic acids is 1. The maximum Gasteiger partial charge on any atom is 0.410 e. The summed E-state index contributed by atoms with van der Waals surface area (Å²) >= 11 is 0. The molecule has 120 valence electrons. The van der Waals surface area contributed by atoms with Crippen LogP contribution < -0.4 is 4.74 Å². The van der Waals surface area contributed by atoms with E-state index in [1.807, 2.05) is 44.2 Å². The van der Waals surface area contributed by atoms with Crippen molar-refractivity contribution in [3.05, 3.63) is 54.1 Å². The van der Waals surface area contributed by atoms with Crippen LogP contribution in [0.25, 0.3) is 11.1 Å². The van der Waals surface area contributed by atoms with E-state index >= 15 is 0 Å². The quantitative estimate of drug-likeness (QED) is 0.834. The molecule has 0 unspecified atom stereocenters. The average molecular weight is 311 g/mol. The molecule has 0 bridgehead atoms. The number of carbonyl (C=O) groups is 1. The second-order valence-corrected chi connectivity index (χ2v) is 5.70. The normalized spacial score (nSPS) is 17.2. The van der Waals surface area contributed by atoms with Crippen molar-refractivity contribution in [2.75, 3.05) is 13.2 Å². The van der Waals surface area contributed by atoms with Gasteiger partial charge in [-0.15, -0.1) is 0 Å². The molecule has 0 spiro atoms. The molecule has 4 nitrogen and oxygen atoms in total. The first-order chi connectivity index (χ1) is 11.2. The zero-order valence-electron chi connectivity index (χ0n) is 13.5. The van der Waals surface area contributed by atoms with E-state index in [4.69, 9.17) is 9.47 Å². The van der Waals surface area contributed by atoms with Gasteiger partial charge in [-0.3, -0.25) is 0 Å². The number of amides is 1. The second-order valence-electron chi connectivity index (χ2n) is 5.70. The van der Waals surface area contributed by atoms with E-state index in [2.05, 4.69) is 18.2 Å². The smallest absolute Gasteiger partial charge is 0.410 e. The monoisotopic (exact) mass is 311 g/mol. The molecule has 1 heterocycles. The first-order valence-electron chi connectivity index (χ1n) is 7.94. The van der Waals surface area contributed by atoms with Crippen molar-refractivity contribution in [2.45, 2.75) is 26.5 Å². The fourth-order valence-corrected chi connectivity index (χ4v) is 2.79. The van der Waals surface area contributed by atoms with Crippen molar-refractivity contribution >= 4 is 6.09 Å². The summed E-state index contributed by atoms with van der Waals surface area (Å²) in [6.07, 6.45) is -0.261. The molecular weight excluding hydrogens is 290 g/mol. The molecule has 0 aliphatic carbocycles. The van der Waals surface area contributed by atoms with Crippen LogP contribution in [0.4, 0.5) is 4.79 Å². The number of para-hydroxylation sites is 1. The summed E-state index contributed by atoms with van der Waals surface area (Å²) in [5.74, 6) is 0.889. The van der Waals surface area contributed by atoms with Gasteiger partial charge in [0, 0.05) is 12.1 Å². The minimum atomic E-state index is -0.233. The van der Waals surface area contributed by atoms with Gasteiger partial charge >= 0.3 is 6.09 Å². The average Bonchev–Trinajstić information content (AvgIpc) is 2.87. The van der Waals surface area contributed by atoms with Gasteiger partial charge in [0.15, 0.2) is 0 Å². The van der Waals surface area contributed by atoms with Crippen molar-refractivity contribution in [2.24, 2.45) is 0 Å². The minimum absolute atomic E-state index is 0.0279. The molecule has 1 aliphatic rings. The molecule has 0 saturated carbocycles. The Labute approximate surface area is 136 Å². The van der Waals surface area contributed by atoms with Crippen LogP contribution in [0.15, 0.2) is 48.5 Å². The molecule has 1 saturated heterocycles. The summed E-state index contributed by atoms with van der Waals surface area (Å²) < 4.78 is 10.8. The van der Waals surface area contributed by atoms with Crippen molar-refractivity contribution in [1.29, 1.82) is 0 Å². The lowest BCUT2D eigenvalue weighted by molar-refractivity contribution is 0.137. The van der Waals surface area contributed by atoms with E-state index in [-0.39, 0.29) is 12.2 Å². The van der Waals surface area contributed by atoms with Crippen LogP contribution in [-0.4, -0.2) is 30.2 Å². The molecule has 1 aliphatic heterocycles. The number of benzene rings is 2. The van der Waals surface area contributed by atoms with Crippen molar-refractivity contribution < 1.29 is 14.3 Å². The fourth-order valence-electron chi connectivity index (χ4n) is 2.79. The number of nitrogens with zero attached hydrogens (tertiary/aromatic N) is 1. The first-order valence-corrected chi connectivity index (χ1v) is 7.94. The zero-order valence-corrected chi connectivity index (χ0v) is 13.5. The lowest BCUT2D eigenvalue weighted by Gasteiger charge is -2.14. The third-order valence-electron chi connectivity index (χ3n) is 3.86. The van der Waals surface area contributed by atoms with Crippen molar-refractivity contribution in [1.82, 2.24) is 4.90 Å². The van der Waals surface area contributed by atoms with E-state index < -0.39 is 0 Å². The van der Waals surface area contributed by atoms with Crippen molar-refractivity contribution in [3.8, 4) is 16.9 Å². The lowest BCUT2D eigenvalue weighted by atomic mass is 10.0. The highest BCUT2D eigenvalue weighted by atomic mass is 16.6. The topological polar surface area (TPSA) is 38.8 Å². The van der Waals surface area contributed by atoms with Gasteiger partial charge in [-0.2, -0.15) is 0 Å². The number of ether oxygens (including phenoxy) is 2. The van der Waals surface area contributed by atoms with Crippen LogP contribution >= 0.6 is 0 Å². The molecule has 23 heavy (non-hydrogen) atoms. The SMILES string of the molecule is CCOc1ccccc1-c1ccc(CN2C[C@@H](C)OC2=O)cc1. The van der Waals surface area contributed by atoms with Gasteiger partial charge in [0.2, 0.25) is 0 Å². The Hall–Kier alpha value is -2.49. The predicted molar refractivity (Wildman–Crippen MR) is 89.4 cm³/mol. The maximum atomic E-state index is 11.7. The first kappa shape index (κ1) is 15.4. The van der Waals surface area contributed by atoms with Crippen LogP contribution in [0.3, 0.4) is 0 Å². The standard InChI is InChI=1S/C19H21NO3/c1-3-22-18-7-5-4-6-17(18)16-10-8-15(9-11-16)13-20-12-14(2)23-19(20)21/h4-11,14H,3,12-13H2,1-2H3/t14-/m1/s1. The molecule has 4 heteroatoms. The summed E-state index contributed by atoms with van der Waals surface area (Å²) in [5, 5.41) is 0. The molecule has 2 aromatic carbocycles. The van der Waals surface area contributed by atoms with Gasteiger partial charge in [0.05, 0.1) is 13.2 Å². The molecule has 0 N–H and O–H groups in total. The van der Waals surface area contributed by atoms with Gasteiger partial charge < -0.3 is 14.4 Å². The largest absolute Gasteiger partial charge is 0.493 e. The Morgan fingerprint density at radius 2 is 1.91 bits per heavy atom. The zero-order chi connectivity index (χ0) is 16.2. The van der Waals surface area contributed by atoms with Gasteiger partial charge in [0.25, 0.3) is 0 Å². The highest BCUT2D eigenvalue weighted by molar-refractivity contribution is 5.71. The third-order valence-corrected chi connectivity index (χ3v) is 3.86. The van der Waals surface area contributed by atoms with Crippen LogP contribution in [0.1, 0.15) is 19.4 Å². The number of hydrogen-bond donors (Lipinski definition) is 0. The Bertz CT molecular complexity index is 681.